The van der Waals surface area contributed by atoms with Crippen LogP contribution in [0.2, 0.25) is 0 Å². The molecule has 4 rings (SSSR count). The highest BCUT2D eigenvalue weighted by Gasteiger charge is 2.32. The summed E-state index contributed by atoms with van der Waals surface area (Å²) in [7, 11) is 1.27. The average Bonchev–Trinajstić information content (AvgIpc) is 3.03. The molecular formula is C33H36FIN4O8. The molecule has 0 bridgehead atoms. The van der Waals surface area contributed by atoms with Crippen molar-refractivity contribution in [1.82, 2.24) is 16.1 Å². The van der Waals surface area contributed by atoms with Gasteiger partial charge in [-0.15, -0.1) is 0 Å². The van der Waals surface area contributed by atoms with Gasteiger partial charge in [0, 0.05) is 5.70 Å². The summed E-state index contributed by atoms with van der Waals surface area (Å²) in [6.07, 6.45) is 0.340. The summed E-state index contributed by atoms with van der Waals surface area (Å²) >= 11 is 2.13. The molecule has 0 spiro atoms. The number of ether oxygens (including phenoxy) is 5. The van der Waals surface area contributed by atoms with Gasteiger partial charge in [0.2, 0.25) is 0 Å². The standard InChI is InChI=1S/C33H36FIN4O8/c1-5-44-26-15-22(30-29(32(41)43-4)19(3)37-33(42)38-30)10-11-25(26)46-18-28(40)39-36-16-21-13-24(35)31(27(14-21)45-6-2)47-17-20-8-7-9-23(34)12-20/h7-16,28,30,39-40H,5-6,17-18H2,1-4H3,(H2,37,38,42)/b36-16-/t28-,30-/m1/s1. The van der Waals surface area contributed by atoms with E-state index in [-0.39, 0.29) is 24.6 Å². The minimum atomic E-state index is -1.18. The molecule has 2 atom stereocenters. The fraction of sp³-hybridized carbons (Fsp3) is 0.303. The predicted molar refractivity (Wildman–Crippen MR) is 180 cm³/mol. The van der Waals surface area contributed by atoms with E-state index in [4.69, 9.17) is 23.7 Å². The van der Waals surface area contributed by atoms with Crippen LogP contribution < -0.4 is 35.0 Å². The maximum atomic E-state index is 13.6. The summed E-state index contributed by atoms with van der Waals surface area (Å²) in [5.41, 5.74) is 5.22. The first-order valence-corrected chi connectivity index (χ1v) is 15.8. The van der Waals surface area contributed by atoms with Crippen LogP contribution in [0.3, 0.4) is 0 Å². The van der Waals surface area contributed by atoms with Gasteiger partial charge in [0.15, 0.2) is 29.2 Å². The van der Waals surface area contributed by atoms with Gasteiger partial charge in [-0.25, -0.2) is 14.0 Å². The van der Waals surface area contributed by atoms with Crippen LogP contribution in [0.5, 0.6) is 23.0 Å². The van der Waals surface area contributed by atoms with Gasteiger partial charge in [0.1, 0.15) is 19.0 Å². The molecule has 0 unspecified atom stereocenters. The van der Waals surface area contributed by atoms with Crippen molar-refractivity contribution >= 4 is 40.8 Å². The van der Waals surface area contributed by atoms with Crippen LogP contribution in [-0.4, -0.2) is 56.5 Å². The van der Waals surface area contributed by atoms with Gasteiger partial charge in [-0.3, -0.25) is 5.43 Å². The second-order valence-corrected chi connectivity index (χ2v) is 11.3. The number of hydrogen-bond acceptors (Lipinski definition) is 10. The van der Waals surface area contributed by atoms with E-state index in [1.54, 1.807) is 50.2 Å². The third-order valence-electron chi connectivity index (χ3n) is 6.71. The van der Waals surface area contributed by atoms with Gasteiger partial charge in [-0.2, -0.15) is 5.10 Å². The smallest absolute Gasteiger partial charge is 0.337 e. The van der Waals surface area contributed by atoms with Crippen molar-refractivity contribution in [3.8, 4) is 23.0 Å². The molecule has 3 aromatic rings. The molecule has 250 valence electrons. The van der Waals surface area contributed by atoms with E-state index in [0.717, 1.165) is 3.57 Å². The molecule has 0 aromatic heterocycles. The Hall–Kier alpha value is -4.57. The summed E-state index contributed by atoms with van der Waals surface area (Å²) in [5, 5.41) is 20.0. The molecule has 0 saturated heterocycles. The Morgan fingerprint density at radius 2 is 1.83 bits per heavy atom. The van der Waals surface area contributed by atoms with Crippen molar-refractivity contribution in [2.24, 2.45) is 5.10 Å². The molecule has 1 aliphatic rings. The number of nitrogens with zero attached hydrogens (tertiary/aromatic N) is 1. The van der Waals surface area contributed by atoms with E-state index in [1.807, 2.05) is 13.0 Å². The Morgan fingerprint density at radius 1 is 1.06 bits per heavy atom. The van der Waals surface area contributed by atoms with Gasteiger partial charge < -0.3 is 39.4 Å². The van der Waals surface area contributed by atoms with E-state index in [1.165, 1.54) is 25.5 Å². The van der Waals surface area contributed by atoms with E-state index >= 15 is 0 Å². The number of aliphatic hydroxyl groups is 1. The lowest BCUT2D eigenvalue weighted by atomic mass is 9.95. The molecule has 0 fully saturated rings. The summed E-state index contributed by atoms with van der Waals surface area (Å²) in [4.78, 5) is 24.6. The Kier molecular flexibility index (Phi) is 12.6. The van der Waals surface area contributed by atoms with Gasteiger partial charge in [-0.05, 0) is 96.5 Å². The first-order valence-electron chi connectivity index (χ1n) is 14.7. The van der Waals surface area contributed by atoms with Crippen molar-refractivity contribution in [3.63, 3.8) is 0 Å². The first-order chi connectivity index (χ1) is 22.6. The molecule has 1 aliphatic heterocycles. The topological polar surface area (TPSA) is 149 Å². The van der Waals surface area contributed by atoms with E-state index in [2.05, 4.69) is 43.8 Å². The summed E-state index contributed by atoms with van der Waals surface area (Å²) in [6.45, 7) is 5.99. The highest BCUT2D eigenvalue weighted by atomic mass is 127. The maximum Gasteiger partial charge on any atom is 0.337 e. The number of nitrogens with one attached hydrogen (secondary N) is 3. The molecule has 0 aliphatic carbocycles. The number of amides is 2. The zero-order chi connectivity index (χ0) is 33.9. The van der Waals surface area contributed by atoms with E-state index in [0.29, 0.717) is 58.6 Å². The minimum absolute atomic E-state index is 0.169. The largest absolute Gasteiger partial charge is 0.490 e. The highest BCUT2D eigenvalue weighted by Crippen LogP contribution is 2.36. The van der Waals surface area contributed by atoms with Crippen LogP contribution in [0.4, 0.5) is 9.18 Å². The third kappa shape index (κ3) is 9.48. The zero-order valence-corrected chi connectivity index (χ0v) is 28.4. The van der Waals surface area contributed by atoms with Gasteiger partial charge >= 0.3 is 12.0 Å². The van der Waals surface area contributed by atoms with Gasteiger partial charge in [-0.1, -0.05) is 18.2 Å². The fourth-order valence-electron chi connectivity index (χ4n) is 4.67. The lowest BCUT2D eigenvalue weighted by Crippen LogP contribution is -2.45. The number of carbonyl (C=O) groups excluding carboxylic acids is 2. The second kappa shape index (κ2) is 16.8. The highest BCUT2D eigenvalue weighted by molar-refractivity contribution is 14.1. The summed E-state index contributed by atoms with van der Waals surface area (Å²) in [6, 6.07) is 13.5. The number of hydrogen-bond donors (Lipinski definition) is 4. The second-order valence-electron chi connectivity index (χ2n) is 10.1. The zero-order valence-electron chi connectivity index (χ0n) is 26.3. The molecule has 3 aromatic carbocycles. The lowest BCUT2D eigenvalue weighted by molar-refractivity contribution is -0.136. The molecule has 47 heavy (non-hydrogen) atoms. The van der Waals surface area contributed by atoms with E-state index in [9.17, 15) is 19.1 Å². The molecule has 0 radical (unpaired) electrons. The number of allylic oxidation sites excluding steroid dienone is 1. The van der Waals surface area contributed by atoms with E-state index < -0.39 is 24.3 Å². The first kappa shape index (κ1) is 35.3. The molecule has 4 N–H and O–H groups in total. The van der Waals surface area contributed by atoms with Crippen LogP contribution in [0.1, 0.15) is 43.5 Å². The Bertz CT molecular complexity index is 1650. The maximum absolute atomic E-state index is 13.6. The van der Waals surface area contributed by atoms with Crippen molar-refractivity contribution < 1.29 is 42.8 Å². The molecule has 12 nitrogen and oxygen atoms in total. The fourth-order valence-corrected chi connectivity index (χ4v) is 5.45. The van der Waals surface area contributed by atoms with Crippen molar-refractivity contribution in [2.75, 3.05) is 26.9 Å². The third-order valence-corrected chi connectivity index (χ3v) is 7.51. The van der Waals surface area contributed by atoms with Gasteiger partial charge in [0.25, 0.3) is 0 Å². The number of halogens is 2. The number of urea groups is 1. The Morgan fingerprint density at radius 3 is 2.55 bits per heavy atom. The number of aliphatic hydroxyl groups excluding tert-OH is 1. The number of hydrazone groups is 1. The SMILES string of the molecule is CCOc1cc([C@H]2NC(=O)NC(C)=C2C(=O)OC)ccc1OC[C@@H](O)N/N=C\c1cc(I)c(OCc2cccc(F)c2)c(OCC)c1. The van der Waals surface area contributed by atoms with Crippen molar-refractivity contribution in [2.45, 2.75) is 39.6 Å². The van der Waals surface area contributed by atoms with Crippen LogP contribution in [0.25, 0.3) is 0 Å². The summed E-state index contributed by atoms with van der Waals surface area (Å²) in [5.74, 6) is 0.807. The number of esters is 1. The number of carbonyl (C=O) groups is 2. The monoisotopic (exact) mass is 762 g/mol. The number of methoxy groups -OCH3 is 1. The van der Waals surface area contributed by atoms with Gasteiger partial charge in [0.05, 0.1) is 41.7 Å². The molecule has 14 heteroatoms. The molecular weight excluding hydrogens is 726 g/mol. The average molecular weight is 763 g/mol. The lowest BCUT2D eigenvalue weighted by Gasteiger charge is -2.28. The molecule has 0 saturated carbocycles. The Balaban J connectivity index is 1.40. The molecule has 1 heterocycles. The quantitative estimate of drug-likeness (QED) is 0.0557. The van der Waals surface area contributed by atoms with Crippen LogP contribution >= 0.6 is 22.6 Å². The van der Waals surface area contributed by atoms with Crippen LogP contribution in [-0.2, 0) is 16.1 Å². The minimum Gasteiger partial charge on any atom is -0.490 e. The number of benzene rings is 3. The van der Waals surface area contributed by atoms with Crippen molar-refractivity contribution in [3.05, 3.63) is 91.9 Å². The normalized spacial score (nSPS) is 15.0. The van der Waals surface area contributed by atoms with Crippen LogP contribution in [0.15, 0.2) is 71.0 Å². The predicted octanol–water partition coefficient (Wildman–Crippen LogP) is 4.93. The van der Waals surface area contributed by atoms with Crippen molar-refractivity contribution in [1.29, 1.82) is 0 Å². The summed E-state index contributed by atoms with van der Waals surface area (Å²) < 4.78 is 42.6. The molecule has 2 amide bonds. The number of rotatable bonds is 15. The van der Waals surface area contributed by atoms with Crippen LogP contribution in [0, 0.1) is 9.39 Å². The Labute approximate surface area is 285 Å².